The summed E-state index contributed by atoms with van der Waals surface area (Å²) in [5, 5.41) is 22.7. The van der Waals surface area contributed by atoms with E-state index in [-0.39, 0.29) is 29.5 Å². The summed E-state index contributed by atoms with van der Waals surface area (Å²) in [7, 11) is 1.31. The minimum atomic E-state index is -0.567. The first-order valence-corrected chi connectivity index (χ1v) is 6.62. The van der Waals surface area contributed by atoms with Crippen LogP contribution in [0.3, 0.4) is 0 Å². The molecule has 0 saturated carbocycles. The molecule has 0 saturated heterocycles. The van der Waals surface area contributed by atoms with Crippen molar-refractivity contribution in [2.45, 2.75) is 32.2 Å². The number of amides is 1. The smallest absolute Gasteiger partial charge is 0.310 e. The summed E-state index contributed by atoms with van der Waals surface area (Å²) in [6.45, 7) is 3.71. The predicted octanol–water partition coefficient (Wildman–Crippen LogP) is 1.88. The number of benzene rings is 1. The van der Waals surface area contributed by atoms with E-state index < -0.39 is 10.5 Å². The summed E-state index contributed by atoms with van der Waals surface area (Å²) in [6, 6.07) is 3.95. The number of hydrogen-bond acceptors (Lipinski definition) is 5. The number of nitrogens with one attached hydrogen (secondary N) is 1. The van der Waals surface area contributed by atoms with Gasteiger partial charge in [-0.3, -0.25) is 14.9 Å². The third kappa shape index (κ3) is 4.16. The highest BCUT2D eigenvalue weighted by Gasteiger charge is 2.25. The molecule has 0 fully saturated rings. The fourth-order valence-corrected chi connectivity index (χ4v) is 1.89. The van der Waals surface area contributed by atoms with E-state index in [2.05, 4.69) is 5.32 Å². The molecule has 7 nitrogen and oxygen atoms in total. The largest absolute Gasteiger partial charge is 0.490 e. The van der Waals surface area contributed by atoms with E-state index in [4.69, 9.17) is 9.84 Å². The normalized spacial score (nSPS) is 13.3. The van der Waals surface area contributed by atoms with E-state index in [9.17, 15) is 14.9 Å². The molecule has 0 aromatic heterocycles. The number of ether oxygens (including phenoxy) is 1. The van der Waals surface area contributed by atoms with Gasteiger partial charge in [-0.05, 0) is 25.8 Å². The highest BCUT2D eigenvalue weighted by Crippen LogP contribution is 2.27. The minimum Gasteiger partial charge on any atom is -0.490 e. The lowest BCUT2D eigenvalue weighted by Gasteiger charge is -2.29. The molecule has 1 aromatic rings. The first-order valence-electron chi connectivity index (χ1n) is 6.62. The van der Waals surface area contributed by atoms with E-state index in [0.29, 0.717) is 12.8 Å². The number of carbonyl (C=O) groups excluding carboxylic acids is 1. The zero-order valence-corrected chi connectivity index (χ0v) is 12.4. The number of methoxy groups -OCH3 is 1. The highest BCUT2D eigenvalue weighted by atomic mass is 16.6. The summed E-state index contributed by atoms with van der Waals surface area (Å²) in [6.07, 6.45) is 1.09. The number of rotatable bonds is 7. The zero-order valence-electron chi connectivity index (χ0n) is 12.4. The van der Waals surface area contributed by atoms with Gasteiger partial charge in [0.25, 0.3) is 5.91 Å². The van der Waals surface area contributed by atoms with Crippen molar-refractivity contribution >= 4 is 11.6 Å². The SMILES string of the molecule is CCC(C)(CCO)NC(=O)c1ccc([N+](=O)[O-])c(OC)c1. The molecule has 1 atom stereocenters. The maximum Gasteiger partial charge on any atom is 0.310 e. The Morgan fingerprint density at radius 3 is 2.67 bits per heavy atom. The maximum atomic E-state index is 12.2. The first-order chi connectivity index (χ1) is 9.86. The van der Waals surface area contributed by atoms with Crippen LogP contribution >= 0.6 is 0 Å². The second kappa shape index (κ2) is 7.03. The molecule has 0 aliphatic carbocycles. The number of hydrogen-bond donors (Lipinski definition) is 2. The van der Waals surface area contributed by atoms with Gasteiger partial charge in [0.15, 0.2) is 5.75 Å². The van der Waals surface area contributed by atoms with Gasteiger partial charge < -0.3 is 15.2 Å². The molecular weight excluding hydrogens is 276 g/mol. The zero-order chi connectivity index (χ0) is 16.0. The Labute approximate surface area is 123 Å². The van der Waals surface area contributed by atoms with Gasteiger partial charge in [0.1, 0.15) is 0 Å². The third-order valence-corrected chi connectivity index (χ3v) is 3.50. The van der Waals surface area contributed by atoms with Crippen LogP contribution < -0.4 is 10.1 Å². The molecule has 116 valence electrons. The Bertz CT molecular complexity index is 532. The summed E-state index contributed by atoms with van der Waals surface area (Å²) in [4.78, 5) is 22.5. The predicted molar refractivity (Wildman–Crippen MR) is 77.5 cm³/mol. The van der Waals surface area contributed by atoms with Crippen molar-refractivity contribution in [1.29, 1.82) is 0 Å². The van der Waals surface area contributed by atoms with Gasteiger partial charge >= 0.3 is 5.69 Å². The molecule has 0 aliphatic rings. The quantitative estimate of drug-likeness (QED) is 0.591. The Hall–Kier alpha value is -2.15. The van der Waals surface area contributed by atoms with Crippen molar-refractivity contribution in [2.75, 3.05) is 13.7 Å². The van der Waals surface area contributed by atoms with Gasteiger partial charge in [0.05, 0.1) is 12.0 Å². The van der Waals surface area contributed by atoms with E-state index in [1.54, 1.807) is 0 Å². The second-order valence-corrected chi connectivity index (χ2v) is 4.99. The average molecular weight is 296 g/mol. The summed E-state index contributed by atoms with van der Waals surface area (Å²) >= 11 is 0. The Kier molecular flexibility index (Phi) is 5.66. The number of carbonyl (C=O) groups is 1. The molecule has 21 heavy (non-hydrogen) atoms. The molecule has 2 N–H and O–H groups in total. The van der Waals surface area contributed by atoms with Crippen molar-refractivity contribution < 1.29 is 19.6 Å². The van der Waals surface area contributed by atoms with Gasteiger partial charge in [-0.2, -0.15) is 0 Å². The number of nitro benzene ring substituents is 1. The van der Waals surface area contributed by atoms with E-state index in [1.807, 2.05) is 13.8 Å². The van der Waals surface area contributed by atoms with Crippen LogP contribution in [-0.2, 0) is 0 Å². The molecule has 1 amide bonds. The average Bonchev–Trinajstić information content (AvgIpc) is 2.46. The summed E-state index contributed by atoms with van der Waals surface area (Å²) in [5.41, 5.74) is -0.446. The fourth-order valence-electron chi connectivity index (χ4n) is 1.89. The monoisotopic (exact) mass is 296 g/mol. The summed E-state index contributed by atoms with van der Waals surface area (Å²) < 4.78 is 4.94. The lowest BCUT2D eigenvalue weighted by atomic mass is 9.94. The van der Waals surface area contributed by atoms with Crippen LogP contribution in [-0.4, -0.2) is 35.2 Å². The first kappa shape index (κ1) is 16.9. The van der Waals surface area contributed by atoms with E-state index >= 15 is 0 Å². The Morgan fingerprint density at radius 1 is 1.52 bits per heavy atom. The molecular formula is C14H20N2O5. The minimum absolute atomic E-state index is 0.0335. The van der Waals surface area contributed by atoms with Crippen LogP contribution in [0.1, 0.15) is 37.0 Å². The van der Waals surface area contributed by atoms with E-state index in [1.165, 1.54) is 25.3 Å². The molecule has 0 heterocycles. The van der Waals surface area contributed by atoms with Crippen LogP contribution in [0.2, 0.25) is 0 Å². The second-order valence-electron chi connectivity index (χ2n) is 4.99. The van der Waals surface area contributed by atoms with Crippen LogP contribution in [0.5, 0.6) is 5.75 Å². The van der Waals surface area contributed by atoms with Crippen molar-refractivity contribution in [3.63, 3.8) is 0 Å². The van der Waals surface area contributed by atoms with Crippen LogP contribution in [0.15, 0.2) is 18.2 Å². The van der Waals surface area contributed by atoms with Gasteiger partial charge in [-0.25, -0.2) is 0 Å². The van der Waals surface area contributed by atoms with Gasteiger partial charge in [0, 0.05) is 29.8 Å². The van der Waals surface area contributed by atoms with E-state index in [0.717, 1.165) is 0 Å². The Morgan fingerprint density at radius 2 is 2.19 bits per heavy atom. The molecule has 0 radical (unpaired) electrons. The van der Waals surface area contributed by atoms with Crippen molar-refractivity contribution in [3.05, 3.63) is 33.9 Å². The third-order valence-electron chi connectivity index (χ3n) is 3.50. The maximum absolute atomic E-state index is 12.2. The van der Waals surface area contributed by atoms with Gasteiger partial charge in [-0.1, -0.05) is 6.92 Å². The van der Waals surface area contributed by atoms with Crippen molar-refractivity contribution in [1.82, 2.24) is 5.32 Å². The number of nitrogens with zero attached hydrogens (tertiary/aromatic N) is 1. The summed E-state index contributed by atoms with van der Waals surface area (Å²) in [5.74, 6) is -0.325. The molecule has 0 spiro atoms. The molecule has 1 unspecified atom stereocenters. The molecule has 0 aliphatic heterocycles. The number of aliphatic hydroxyl groups is 1. The van der Waals surface area contributed by atoms with Gasteiger partial charge in [-0.15, -0.1) is 0 Å². The lowest BCUT2D eigenvalue weighted by molar-refractivity contribution is -0.385. The van der Waals surface area contributed by atoms with Crippen molar-refractivity contribution in [2.24, 2.45) is 0 Å². The highest BCUT2D eigenvalue weighted by molar-refractivity contribution is 5.95. The number of nitro groups is 1. The topological polar surface area (TPSA) is 102 Å². The van der Waals surface area contributed by atoms with Crippen LogP contribution in [0, 0.1) is 10.1 Å². The van der Waals surface area contributed by atoms with Gasteiger partial charge in [0.2, 0.25) is 0 Å². The fraction of sp³-hybridized carbons (Fsp3) is 0.500. The van der Waals surface area contributed by atoms with Crippen molar-refractivity contribution in [3.8, 4) is 5.75 Å². The molecule has 1 aromatic carbocycles. The molecule has 7 heteroatoms. The standard InChI is InChI=1S/C14H20N2O5/c1-4-14(2,7-8-17)15-13(18)10-5-6-11(16(19)20)12(9-10)21-3/h5-6,9,17H,4,7-8H2,1-3H3,(H,15,18). The number of aliphatic hydroxyl groups excluding tert-OH is 1. The van der Waals surface area contributed by atoms with Crippen LogP contribution in [0.4, 0.5) is 5.69 Å². The van der Waals surface area contributed by atoms with Crippen LogP contribution in [0.25, 0.3) is 0 Å². The molecule has 1 rings (SSSR count). The Balaban J connectivity index is 3.00. The lowest BCUT2D eigenvalue weighted by Crippen LogP contribution is -2.46. The molecule has 0 bridgehead atoms.